The van der Waals surface area contributed by atoms with Gasteiger partial charge in [-0.05, 0) is 49.7 Å². The third-order valence-corrected chi connectivity index (χ3v) is 5.74. The average Bonchev–Trinajstić information content (AvgIpc) is 3.27. The van der Waals surface area contributed by atoms with Gasteiger partial charge < -0.3 is 5.11 Å². The molecule has 1 aliphatic rings. The molecule has 1 amide bonds. The zero-order valence-corrected chi connectivity index (χ0v) is 19.0. The van der Waals surface area contributed by atoms with Gasteiger partial charge in [0.2, 0.25) is 5.95 Å². The standard InChI is InChI=1S/C24H18F3N7O2/c1-3-32(23(35)36)21-30-22-33(18-6-4-5-17(11-18)24(25,26)27)14(2)19(13-29)20(34(22)31-21)16-9-7-15(12-28)8-10-16/h4-11,20H,3H2,1-2H3,(H,35,36)/t20-/m1/s1. The number of hydrogen-bond donors (Lipinski definition) is 1. The second-order valence-electron chi connectivity index (χ2n) is 7.81. The molecule has 0 aliphatic carbocycles. The molecule has 2 aromatic carbocycles. The molecule has 0 unspecified atom stereocenters. The van der Waals surface area contributed by atoms with Gasteiger partial charge in [-0.1, -0.05) is 18.2 Å². The van der Waals surface area contributed by atoms with E-state index < -0.39 is 23.9 Å². The maximum Gasteiger partial charge on any atom is 0.416 e. The van der Waals surface area contributed by atoms with Crippen molar-refractivity contribution in [2.24, 2.45) is 0 Å². The minimum Gasteiger partial charge on any atom is -0.465 e. The van der Waals surface area contributed by atoms with Crippen molar-refractivity contribution in [1.82, 2.24) is 14.8 Å². The molecule has 0 spiro atoms. The van der Waals surface area contributed by atoms with Gasteiger partial charge in [0, 0.05) is 17.9 Å². The summed E-state index contributed by atoms with van der Waals surface area (Å²) in [5, 5.41) is 33.2. The Morgan fingerprint density at radius 1 is 1.17 bits per heavy atom. The number of nitriles is 2. The van der Waals surface area contributed by atoms with Crippen LogP contribution in [0.1, 0.15) is 36.6 Å². The Morgan fingerprint density at radius 3 is 2.42 bits per heavy atom. The first kappa shape index (κ1) is 24.3. The van der Waals surface area contributed by atoms with Crippen LogP contribution in [-0.4, -0.2) is 32.5 Å². The van der Waals surface area contributed by atoms with Crippen LogP contribution in [0, 0.1) is 22.7 Å². The summed E-state index contributed by atoms with van der Waals surface area (Å²) >= 11 is 0. The maximum atomic E-state index is 13.4. The Bertz CT molecular complexity index is 1450. The van der Waals surface area contributed by atoms with E-state index in [0.29, 0.717) is 16.8 Å². The molecule has 182 valence electrons. The monoisotopic (exact) mass is 493 g/mol. The molecule has 4 rings (SSSR count). The van der Waals surface area contributed by atoms with Crippen molar-refractivity contribution < 1.29 is 23.1 Å². The Balaban J connectivity index is 1.99. The van der Waals surface area contributed by atoms with Crippen LogP contribution < -0.4 is 9.80 Å². The number of amides is 1. The summed E-state index contributed by atoms with van der Waals surface area (Å²) in [6, 6.07) is 14.2. The first-order valence-corrected chi connectivity index (χ1v) is 10.7. The van der Waals surface area contributed by atoms with Crippen LogP contribution in [0.4, 0.5) is 35.5 Å². The van der Waals surface area contributed by atoms with Crippen molar-refractivity contribution in [3.05, 3.63) is 76.5 Å². The van der Waals surface area contributed by atoms with Crippen molar-refractivity contribution >= 4 is 23.7 Å². The third kappa shape index (κ3) is 4.09. The van der Waals surface area contributed by atoms with E-state index >= 15 is 0 Å². The zero-order valence-electron chi connectivity index (χ0n) is 19.0. The molecular weight excluding hydrogens is 475 g/mol. The number of alkyl halides is 3. The molecule has 2 heterocycles. The predicted octanol–water partition coefficient (Wildman–Crippen LogP) is 5.21. The van der Waals surface area contributed by atoms with Crippen molar-refractivity contribution in [3.8, 4) is 12.1 Å². The van der Waals surface area contributed by atoms with Crippen LogP contribution in [0.2, 0.25) is 0 Å². The Morgan fingerprint density at radius 2 is 1.86 bits per heavy atom. The number of benzene rings is 2. The van der Waals surface area contributed by atoms with E-state index in [0.717, 1.165) is 17.0 Å². The lowest BCUT2D eigenvalue weighted by atomic mass is 9.95. The maximum absolute atomic E-state index is 13.4. The lowest BCUT2D eigenvalue weighted by Crippen LogP contribution is -2.31. The van der Waals surface area contributed by atoms with Gasteiger partial charge in [-0.15, -0.1) is 5.10 Å². The number of carboxylic acid groups (broad SMARTS) is 1. The summed E-state index contributed by atoms with van der Waals surface area (Å²) in [4.78, 5) is 18.4. The molecule has 1 N–H and O–H groups in total. The lowest BCUT2D eigenvalue weighted by Gasteiger charge is -2.34. The highest BCUT2D eigenvalue weighted by atomic mass is 19.4. The highest BCUT2D eigenvalue weighted by Crippen LogP contribution is 2.43. The molecule has 0 bridgehead atoms. The molecular formula is C24H18F3N7O2. The van der Waals surface area contributed by atoms with Crippen LogP contribution in [0.25, 0.3) is 0 Å². The fourth-order valence-electron chi connectivity index (χ4n) is 4.02. The minimum absolute atomic E-state index is 0.0153. The van der Waals surface area contributed by atoms with E-state index in [1.165, 1.54) is 21.7 Å². The van der Waals surface area contributed by atoms with Crippen molar-refractivity contribution in [3.63, 3.8) is 0 Å². The Hall–Kier alpha value is -4.84. The van der Waals surface area contributed by atoms with Crippen LogP contribution in [-0.2, 0) is 6.18 Å². The van der Waals surface area contributed by atoms with Crippen LogP contribution in [0.5, 0.6) is 0 Å². The van der Waals surface area contributed by atoms with Gasteiger partial charge in [-0.3, -0.25) is 4.90 Å². The van der Waals surface area contributed by atoms with E-state index in [-0.39, 0.29) is 29.7 Å². The number of aromatic nitrogens is 3. The topological polar surface area (TPSA) is 122 Å². The first-order chi connectivity index (χ1) is 17.1. The average molecular weight is 493 g/mol. The molecule has 12 heteroatoms. The van der Waals surface area contributed by atoms with E-state index in [1.807, 2.05) is 6.07 Å². The predicted molar refractivity (Wildman–Crippen MR) is 122 cm³/mol. The highest BCUT2D eigenvalue weighted by Gasteiger charge is 2.38. The van der Waals surface area contributed by atoms with Crippen molar-refractivity contribution in [2.45, 2.75) is 26.1 Å². The molecule has 9 nitrogen and oxygen atoms in total. The normalized spacial score (nSPS) is 15.2. The molecule has 1 atom stereocenters. The minimum atomic E-state index is -4.60. The largest absolute Gasteiger partial charge is 0.465 e. The van der Waals surface area contributed by atoms with Crippen molar-refractivity contribution in [2.75, 3.05) is 16.3 Å². The summed E-state index contributed by atoms with van der Waals surface area (Å²) in [5.41, 5.74) is 0.599. The first-order valence-electron chi connectivity index (χ1n) is 10.7. The fourth-order valence-corrected chi connectivity index (χ4v) is 4.02. The van der Waals surface area contributed by atoms with E-state index in [2.05, 4.69) is 16.2 Å². The molecule has 36 heavy (non-hydrogen) atoms. The molecule has 1 aliphatic heterocycles. The van der Waals surface area contributed by atoms with Gasteiger partial charge in [0.05, 0.1) is 28.8 Å². The third-order valence-electron chi connectivity index (χ3n) is 5.74. The van der Waals surface area contributed by atoms with Gasteiger partial charge in [0.15, 0.2) is 0 Å². The summed E-state index contributed by atoms with van der Waals surface area (Å²) in [7, 11) is 0. The number of nitrogens with zero attached hydrogens (tertiary/aromatic N) is 7. The summed E-state index contributed by atoms with van der Waals surface area (Å²) in [5.74, 6) is -0.155. The number of rotatable bonds is 4. The summed E-state index contributed by atoms with van der Waals surface area (Å²) in [6.45, 7) is 3.17. The molecule has 3 aromatic rings. The smallest absolute Gasteiger partial charge is 0.416 e. The lowest BCUT2D eigenvalue weighted by molar-refractivity contribution is -0.137. The van der Waals surface area contributed by atoms with Crippen LogP contribution in [0.3, 0.4) is 0 Å². The summed E-state index contributed by atoms with van der Waals surface area (Å²) in [6.07, 6.45) is -5.92. The molecule has 0 saturated carbocycles. The van der Waals surface area contributed by atoms with Gasteiger partial charge in [0.1, 0.15) is 6.04 Å². The quantitative estimate of drug-likeness (QED) is 0.529. The van der Waals surface area contributed by atoms with Crippen molar-refractivity contribution in [1.29, 1.82) is 10.5 Å². The van der Waals surface area contributed by atoms with Gasteiger partial charge >= 0.3 is 12.3 Å². The number of halogens is 3. The Kier molecular flexibility index (Phi) is 6.12. The second-order valence-corrected chi connectivity index (χ2v) is 7.81. The SMILES string of the molecule is CCN(C(=O)O)c1nc2n(n1)[C@H](c1ccc(C#N)cc1)C(C#N)=C(C)N2c1cccc(C(F)(F)F)c1. The van der Waals surface area contributed by atoms with E-state index in [9.17, 15) is 28.3 Å². The molecule has 1 aromatic heterocycles. The fraction of sp³-hybridized carbons (Fsp3) is 0.208. The molecule has 0 fully saturated rings. The summed E-state index contributed by atoms with van der Waals surface area (Å²) < 4.78 is 41.7. The van der Waals surface area contributed by atoms with Gasteiger partial charge in [-0.2, -0.15) is 28.7 Å². The van der Waals surface area contributed by atoms with Crippen LogP contribution >= 0.6 is 0 Å². The number of carbonyl (C=O) groups is 1. The zero-order chi connectivity index (χ0) is 26.2. The number of allylic oxidation sites excluding steroid dienone is 2. The molecule has 0 radical (unpaired) electrons. The highest BCUT2D eigenvalue weighted by molar-refractivity contribution is 5.84. The number of anilines is 3. The van der Waals surface area contributed by atoms with Gasteiger partial charge in [-0.25, -0.2) is 14.4 Å². The second kappa shape index (κ2) is 9.07. The van der Waals surface area contributed by atoms with E-state index in [1.54, 1.807) is 38.1 Å². The molecule has 0 saturated heterocycles. The number of fused-ring (bicyclic) bond motifs is 1. The van der Waals surface area contributed by atoms with Gasteiger partial charge in [0.25, 0.3) is 5.95 Å². The van der Waals surface area contributed by atoms with Crippen LogP contribution in [0.15, 0.2) is 59.8 Å². The number of hydrogen-bond acceptors (Lipinski definition) is 6. The van der Waals surface area contributed by atoms with E-state index in [4.69, 9.17) is 5.26 Å². The Labute approximate surface area is 203 Å².